The molecule has 1 aromatic heterocycles. The summed E-state index contributed by atoms with van der Waals surface area (Å²) in [7, 11) is 0. The highest BCUT2D eigenvalue weighted by Crippen LogP contribution is 2.24. The molecule has 0 radical (unpaired) electrons. The highest BCUT2D eigenvalue weighted by Gasteiger charge is 2.11. The van der Waals surface area contributed by atoms with Crippen LogP contribution < -0.4 is 0 Å². The van der Waals surface area contributed by atoms with Crippen LogP contribution in [0.1, 0.15) is 11.5 Å². The first-order chi connectivity index (χ1) is 10.8. The summed E-state index contributed by atoms with van der Waals surface area (Å²) in [5.41, 5.74) is 1.88. The number of aromatic nitrogens is 2. The van der Waals surface area contributed by atoms with Crippen LogP contribution in [0.2, 0.25) is 0 Å². The predicted octanol–water partition coefficient (Wildman–Crippen LogP) is 5.20. The SMILES string of the molecule is CSc1ccc(/C=C(\Cl)c2nc(-c3ccccc3)no2)cc1. The molecule has 1 heterocycles. The van der Waals surface area contributed by atoms with Crippen LogP contribution in [0.3, 0.4) is 0 Å². The number of hydrogen-bond acceptors (Lipinski definition) is 4. The van der Waals surface area contributed by atoms with Gasteiger partial charge in [0.05, 0.1) is 0 Å². The first-order valence-corrected chi connectivity index (χ1v) is 8.27. The summed E-state index contributed by atoms with van der Waals surface area (Å²) >= 11 is 7.97. The minimum Gasteiger partial charge on any atom is -0.333 e. The van der Waals surface area contributed by atoms with Crippen molar-refractivity contribution in [2.24, 2.45) is 0 Å². The smallest absolute Gasteiger partial charge is 0.269 e. The highest BCUT2D eigenvalue weighted by molar-refractivity contribution is 7.98. The fourth-order valence-electron chi connectivity index (χ4n) is 1.93. The molecule has 0 aliphatic rings. The Balaban J connectivity index is 1.84. The summed E-state index contributed by atoms with van der Waals surface area (Å²) in [4.78, 5) is 5.53. The Kier molecular flexibility index (Phi) is 4.61. The molecule has 0 N–H and O–H groups in total. The summed E-state index contributed by atoms with van der Waals surface area (Å²) in [6, 6.07) is 17.7. The monoisotopic (exact) mass is 328 g/mol. The first kappa shape index (κ1) is 14.9. The Morgan fingerprint density at radius 1 is 1.09 bits per heavy atom. The Morgan fingerprint density at radius 2 is 1.82 bits per heavy atom. The third kappa shape index (κ3) is 3.40. The van der Waals surface area contributed by atoms with Gasteiger partial charge in [-0.05, 0) is 30.0 Å². The van der Waals surface area contributed by atoms with Crippen LogP contribution in [0.5, 0.6) is 0 Å². The number of benzene rings is 2. The minimum absolute atomic E-state index is 0.314. The van der Waals surface area contributed by atoms with Crippen molar-refractivity contribution in [2.75, 3.05) is 6.26 Å². The van der Waals surface area contributed by atoms with Crippen LogP contribution in [0.15, 0.2) is 64.0 Å². The number of nitrogens with zero attached hydrogens (tertiary/aromatic N) is 2. The van der Waals surface area contributed by atoms with E-state index in [1.807, 2.05) is 66.9 Å². The standard InChI is InChI=1S/C17H13ClN2OS/c1-22-14-9-7-12(8-10-14)11-15(18)17-19-16(20-21-17)13-5-3-2-4-6-13/h2-11H,1H3/b15-11-. The number of hydrogen-bond donors (Lipinski definition) is 0. The molecule has 110 valence electrons. The fraction of sp³-hybridized carbons (Fsp3) is 0.0588. The van der Waals surface area contributed by atoms with Gasteiger partial charge < -0.3 is 4.52 Å². The molecule has 22 heavy (non-hydrogen) atoms. The van der Waals surface area contributed by atoms with E-state index in [9.17, 15) is 0 Å². The van der Waals surface area contributed by atoms with Crippen molar-refractivity contribution in [3.8, 4) is 11.4 Å². The van der Waals surface area contributed by atoms with Gasteiger partial charge in [0.15, 0.2) is 0 Å². The average molecular weight is 329 g/mol. The maximum absolute atomic E-state index is 6.27. The van der Waals surface area contributed by atoms with E-state index in [0.717, 1.165) is 11.1 Å². The summed E-state index contributed by atoms with van der Waals surface area (Å²) in [5.74, 6) is 0.842. The molecule has 0 amide bonds. The Labute approximate surface area is 138 Å². The molecular formula is C17H13ClN2OS. The Morgan fingerprint density at radius 3 is 2.50 bits per heavy atom. The molecule has 0 bridgehead atoms. The van der Waals surface area contributed by atoms with Gasteiger partial charge in [0.2, 0.25) is 5.82 Å². The quantitative estimate of drug-likeness (QED) is 0.617. The molecule has 3 aromatic rings. The number of thioether (sulfide) groups is 1. The lowest BCUT2D eigenvalue weighted by Gasteiger charge is -1.97. The predicted molar refractivity (Wildman–Crippen MR) is 91.7 cm³/mol. The molecule has 0 aliphatic carbocycles. The van der Waals surface area contributed by atoms with E-state index in [1.165, 1.54) is 4.90 Å². The van der Waals surface area contributed by atoms with E-state index in [4.69, 9.17) is 16.1 Å². The van der Waals surface area contributed by atoms with Crippen molar-refractivity contribution in [3.05, 3.63) is 66.1 Å². The number of rotatable bonds is 4. The van der Waals surface area contributed by atoms with Gasteiger partial charge in [0, 0.05) is 10.5 Å². The van der Waals surface area contributed by atoms with E-state index in [1.54, 1.807) is 11.8 Å². The molecule has 0 aliphatic heterocycles. The third-order valence-electron chi connectivity index (χ3n) is 3.07. The topological polar surface area (TPSA) is 38.9 Å². The van der Waals surface area contributed by atoms with Crippen LogP contribution in [0.4, 0.5) is 0 Å². The third-order valence-corrected chi connectivity index (χ3v) is 4.09. The van der Waals surface area contributed by atoms with E-state index < -0.39 is 0 Å². The molecule has 0 spiro atoms. The summed E-state index contributed by atoms with van der Waals surface area (Å²) < 4.78 is 5.23. The molecule has 0 saturated heterocycles. The second-order valence-electron chi connectivity index (χ2n) is 4.55. The minimum atomic E-state index is 0.314. The summed E-state index contributed by atoms with van der Waals surface area (Å²) in [6.07, 6.45) is 3.86. The van der Waals surface area contributed by atoms with E-state index in [-0.39, 0.29) is 0 Å². The fourth-order valence-corrected chi connectivity index (χ4v) is 2.54. The zero-order valence-electron chi connectivity index (χ0n) is 11.9. The summed E-state index contributed by atoms with van der Waals surface area (Å²) in [6.45, 7) is 0. The highest BCUT2D eigenvalue weighted by atomic mass is 35.5. The first-order valence-electron chi connectivity index (χ1n) is 6.67. The van der Waals surface area contributed by atoms with Crippen molar-refractivity contribution in [1.82, 2.24) is 10.1 Å². The van der Waals surface area contributed by atoms with Gasteiger partial charge in [-0.2, -0.15) is 4.98 Å². The molecule has 2 aromatic carbocycles. The normalized spacial score (nSPS) is 11.6. The van der Waals surface area contributed by atoms with Gasteiger partial charge in [-0.15, -0.1) is 11.8 Å². The molecule has 3 nitrogen and oxygen atoms in total. The zero-order chi connectivity index (χ0) is 15.4. The molecule has 0 unspecified atom stereocenters. The van der Waals surface area contributed by atoms with Gasteiger partial charge in [-0.1, -0.05) is 59.2 Å². The van der Waals surface area contributed by atoms with Crippen molar-refractivity contribution in [2.45, 2.75) is 4.90 Å². The maximum atomic E-state index is 6.27. The molecule has 3 rings (SSSR count). The lowest BCUT2D eigenvalue weighted by Crippen LogP contribution is -1.81. The largest absolute Gasteiger partial charge is 0.333 e. The van der Waals surface area contributed by atoms with Gasteiger partial charge in [0.25, 0.3) is 5.89 Å². The lowest BCUT2D eigenvalue weighted by molar-refractivity contribution is 0.410. The zero-order valence-corrected chi connectivity index (χ0v) is 13.4. The molecule has 0 fully saturated rings. The Bertz CT molecular complexity index is 782. The van der Waals surface area contributed by atoms with Crippen molar-refractivity contribution >= 4 is 34.5 Å². The van der Waals surface area contributed by atoms with Crippen LogP contribution >= 0.6 is 23.4 Å². The maximum Gasteiger partial charge on any atom is 0.269 e. The van der Waals surface area contributed by atoms with Gasteiger partial charge in [-0.25, -0.2) is 0 Å². The van der Waals surface area contributed by atoms with E-state index in [0.29, 0.717) is 16.7 Å². The average Bonchev–Trinajstić information content (AvgIpc) is 3.06. The second kappa shape index (κ2) is 6.81. The van der Waals surface area contributed by atoms with Crippen LogP contribution in [-0.4, -0.2) is 16.4 Å². The molecule has 0 atom stereocenters. The van der Waals surface area contributed by atoms with Crippen LogP contribution in [0.25, 0.3) is 22.5 Å². The van der Waals surface area contributed by atoms with Gasteiger partial charge in [0.1, 0.15) is 5.03 Å². The van der Waals surface area contributed by atoms with Crippen LogP contribution in [0, 0.1) is 0 Å². The van der Waals surface area contributed by atoms with E-state index in [2.05, 4.69) is 10.1 Å². The Hall–Kier alpha value is -2.04. The van der Waals surface area contributed by atoms with Crippen LogP contribution in [-0.2, 0) is 0 Å². The molecule has 5 heteroatoms. The van der Waals surface area contributed by atoms with Gasteiger partial charge >= 0.3 is 0 Å². The van der Waals surface area contributed by atoms with Crippen molar-refractivity contribution < 1.29 is 4.52 Å². The lowest BCUT2D eigenvalue weighted by atomic mass is 10.2. The van der Waals surface area contributed by atoms with Crippen molar-refractivity contribution in [1.29, 1.82) is 0 Å². The van der Waals surface area contributed by atoms with Crippen molar-refractivity contribution in [3.63, 3.8) is 0 Å². The molecular weight excluding hydrogens is 316 g/mol. The summed E-state index contributed by atoms with van der Waals surface area (Å²) in [5, 5.41) is 4.38. The molecule has 0 saturated carbocycles. The number of halogens is 1. The van der Waals surface area contributed by atoms with E-state index >= 15 is 0 Å². The van der Waals surface area contributed by atoms with Gasteiger partial charge in [-0.3, -0.25) is 0 Å². The second-order valence-corrected chi connectivity index (χ2v) is 5.84.